The molecule has 1 aromatic heterocycles. The summed E-state index contributed by atoms with van der Waals surface area (Å²) in [6.07, 6.45) is 2.01. The number of hydrogen-bond donors (Lipinski definition) is 2. The second-order valence-corrected chi connectivity index (χ2v) is 7.86. The van der Waals surface area contributed by atoms with Gasteiger partial charge in [0.05, 0.1) is 0 Å². The van der Waals surface area contributed by atoms with Gasteiger partial charge in [-0.05, 0) is 41.8 Å². The van der Waals surface area contributed by atoms with E-state index in [0.717, 1.165) is 22.9 Å². The van der Waals surface area contributed by atoms with Gasteiger partial charge in [0, 0.05) is 21.0 Å². The molecule has 27 heavy (non-hydrogen) atoms. The van der Waals surface area contributed by atoms with Crippen LogP contribution in [0, 0.1) is 0 Å². The number of anilines is 1. The zero-order chi connectivity index (χ0) is 19.4. The predicted octanol–water partition coefficient (Wildman–Crippen LogP) is 6.08. The quantitative estimate of drug-likeness (QED) is 0.484. The van der Waals surface area contributed by atoms with Gasteiger partial charge < -0.3 is 10.4 Å². The highest BCUT2D eigenvalue weighted by atomic mass is 79.9. The van der Waals surface area contributed by atoms with Gasteiger partial charge in [-0.25, -0.2) is 4.79 Å². The molecule has 0 saturated heterocycles. The first kappa shape index (κ1) is 19.3. The molecule has 4 nitrogen and oxygen atoms in total. The van der Waals surface area contributed by atoms with Crippen LogP contribution in [0.5, 0.6) is 0 Å². The second-order valence-electron chi connectivity index (χ2n) is 6.07. The van der Waals surface area contributed by atoms with Crippen LogP contribution in [-0.2, 0) is 6.42 Å². The maximum Gasteiger partial charge on any atom is 0.339 e. The fourth-order valence-electron chi connectivity index (χ4n) is 2.79. The summed E-state index contributed by atoms with van der Waals surface area (Å²) >= 11 is 4.59. The van der Waals surface area contributed by atoms with E-state index in [9.17, 15) is 14.7 Å². The molecule has 0 radical (unpaired) electrons. The van der Waals surface area contributed by atoms with E-state index in [1.165, 1.54) is 16.9 Å². The molecule has 0 aliphatic rings. The number of halogens is 1. The highest BCUT2D eigenvalue weighted by Crippen LogP contribution is 2.36. The Kier molecular flexibility index (Phi) is 6.08. The number of benzene rings is 2. The van der Waals surface area contributed by atoms with Crippen molar-refractivity contribution >= 4 is 44.1 Å². The van der Waals surface area contributed by atoms with Crippen molar-refractivity contribution in [3.05, 3.63) is 75.1 Å². The maximum atomic E-state index is 12.5. The molecule has 3 rings (SSSR count). The lowest BCUT2D eigenvalue weighted by atomic mass is 10.0. The fraction of sp³-hybridized carbons (Fsp3) is 0.143. The lowest BCUT2D eigenvalue weighted by molar-refractivity contribution is 0.0699. The van der Waals surface area contributed by atoms with Gasteiger partial charge in [-0.15, -0.1) is 11.3 Å². The van der Waals surface area contributed by atoms with E-state index in [1.54, 1.807) is 17.5 Å². The van der Waals surface area contributed by atoms with E-state index in [1.807, 2.05) is 36.4 Å². The number of carbonyl (C=O) groups is 2. The number of hydrogen-bond acceptors (Lipinski definition) is 3. The molecule has 0 aliphatic heterocycles. The number of thiophene rings is 1. The van der Waals surface area contributed by atoms with E-state index < -0.39 is 5.97 Å². The summed E-state index contributed by atoms with van der Waals surface area (Å²) in [5.41, 5.74) is 3.17. The highest BCUT2D eigenvalue weighted by molar-refractivity contribution is 9.10. The molecule has 0 aliphatic carbocycles. The van der Waals surface area contributed by atoms with Gasteiger partial charge in [-0.2, -0.15) is 0 Å². The third-order valence-corrected chi connectivity index (χ3v) is 5.57. The molecule has 0 unspecified atom stereocenters. The number of aromatic carboxylic acids is 1. The van der Waals surface area contributed by atoms with Gasteiger partial charge >= 0.3 is 5.97 Å². The summed E-state index contributed by atoms with van der Waals surface area (Å²) in [4.78, 5) is 24.4. The van der Waals surface area contributed by atoms with Crippen LogP contribution in [-0.4, -0.2) is 17.0 Å². The highest BCUT2D eigenvalue weighted by Gasteiger charge is 2.21. The number of rotatable bonds is 6. The smallest absolute Gasteiger partial charge is 0.339 e. The van der Waals surface area contributed by atoms with Gasteiger partial charge in [0.1, 0.15) is 10.6 Å². The molecule has 1 amide bonds. The summed E-state index contributed by atoms with van der Waals surface area (Å²) in [6.45, 7) is 2.11. The summed E-state index contributed by atoms with van der Waals surface area (Å²) in [5.74, 6) is -1.38. The Morgan fingerprint density at radius 2 is 1.74 bits per heavy atom. The van der Waals surface area contributed by atoms with E-state index in [-0.39, 0.29) is 11.5 Å². The van der Waals surface area contributed by atoms with Crippen molar-refractivity contribution in [1.82, 2.24) is 0 Å². The number of carboxylic acid groups (broad SMARTS) is 1. The minimum absolute atomic E-state index is 0.110. The topological polar surface area (TPSA) is 66.4 Å². The average Bonchev–Trinajstić information content (AvgIpc) is 3.07. The van der Waals surface area contributed by atoms with Crippen molar-refractivity contribution in [1.29, 1.82) is 0 Å². The summed E-state index contributed by atoms with van der Waals surface area (Å²) < 4.78 is 0.915. The van der Waals surface area contributed by atoms with Crippen molar-refractivity contribution in [2.45, 2.75) is 19.8 Å². The van der Waals surface area contributed by atoms with Gasteiger partial charge in [0.2, 0.25) is 0 Å². The van der Waals surface area contributed by atoms with Crippen LogP contribution in [0.4, 0.5) is 5.00 Å². The normalized spacial score (nSPS) is 10.6. The first-order valence-corrected chi connectivity index (χ1v) is 10.2. The first-order valence-electron chi connectivity index (χ1n) is 8.50. The fourth-order valence-corrected chi connectivity index (χ4v) is 4.01. The molecule has 0 bridgehead atoms. The third kappa shape index (κ3) is 4.46. The maximum absolute atomic E-state index is 12.5. The minimum atomic E-state index is -1.07. The lowest BCUT2D eigenvalue weighted by Gasteiger charge is -2.07. The Hall–Kier alpha value is -2.44. The van der Waals surface area contributed by atoms with Crippen LogP contribution in [0.3, 0.4) is 0 Å². The lowest BCUT2D eigenvalue weighted by Crippen LogP contribution is -2.13. The number of carbonyl (C=O) groups excluding carboxylic acids is 1. The number of aryl methyl sites for hydroxylation is 1. The first-order chi connectivity index (χ1) is 13.0. The molecule has 0 spiro atoms. The molecular formula is C21H18BrNO3S. The summed E-state index contributed by atoms with van der Waals surface area (Å²) in [7, 11) is 0. The number of amides is 1. The van der Waals surface area contributed by atoms with Crippen LogP contribution in [0.25, 0.3) is 11.1 Å². The van der Waals surface area contributed by atoms with Gasteiger partial charge in [0.15, 0.2) is 0 Å². The zero-order valence-electron chi connectivity index (χ0n) is 14.7. The van der Waals surface area contributed by atoms with E-state index in [4.69, 9.17) is 0 Å². The van der Waals surface area contributed by atoms with E-state index in [0.29, 0.717) is 16.1 Å². The SMILES string of the molecule is CCCc1ccc(C(=O)Nc2scc(-c3ccc(Br)cc3)c2C(=O)O)cc1. The van der Waals surface area contributed by atoms with Crippen molar-refractivity contribution in [2.24, 2.45) is 0 Å². The van der Waals surface area contributed by atoms with Crippen LogP contribution >= 0.6 is 27.3 Å². The van der Waals surface area contributed by atoms with Crippen LogP contribution < -0.4 is 5.32 Å². The number of nitrogens with one attached hydrogen (secondary N) is 1. The monoisotopic (exact) mass is 443 g/mol. The predicted molar refractivity (Wildman–Crippen MR) is 113 cm³/mol. The Morgan fingerprint density at radius 1 is 1.07 bits per heavy atom. The zero-order valence-corrected chi connectivity index (χ0v) is 17.1. The molecule has 2 N–H and O–H groups in total. The van der Waals surface area contributed by atoms with Crippen LogP contribution in [0.15, 0.2) is 58.4 Å². The van der Waals surface area contributed by atoms with Crippen molar-refractivity contribution in [2.75, 3.05) is 5.32 Å². The van der Waals surface area contributed by atoms with E-state index >= 15 is 0 Å². The van der Waals surface area contributed by atoms with Crippen molar-refractivity contribution < 1.29 is 14.7 Å². The van der Waals surface area contributed by atoms with Gasteiger partial charge in [-0.3, -0.25) is 4.79 Å². The largest absolute Gasteiger partial charge is 0.478 e. The molecule has 0 atom stereocenters. The summed E-state index contributed by atoms with van der Waals surface area (Å²) in [5, 5.41) is 14.5. The molecule has 0 fully saturated rings. The Morgan fingerprint density at radius 3 is 2.33 bits per heavy atom. The van der Waals surface area contributed by atoms with Crippen LogP contribution in [0.2, 0.25) is 0 Å². The molecule has 2 aromatic carbocycles. The Bertz CT molecular complexity index is 962. The Labute approximate surface area is 170 Å². The minimum Gasteiger partial charge on any atom is -0.478 e. The van der Waals surface area contributed by atoms with E-state index in [2.05, 4.69) is 28.2 Å². The Balaban J connectivity index is 1.87. The van der Waals surface area contributed by atoms with Gasteiger partial charge in [0.25, 0.3) is 5.91 Å². The molecular weight excluding hydrogens is 426 g/mol. The molecule has 6 heteroatoms. The molecule has 0 saturated carbocycles. The van der Waals surface area contributed by atoms with Crippen molar-refractivity contribution in [3.8, 4) is 11.1 Å². The van der Waals surface area contributed by atoms with Crippen molar-refractivity contribution in [3.63, 3.8) is 0 Å². The standard InChI is InChI=1S/C21H18BrNO3S/c1-2-3-13-4-6-15(7-5-13)19(24)23-20-18(21(25)26)17(12-27-20)14-8-10-16(22)11-9-14/h4-12H,2-3H2,1H3,(H,23,24)(H,25,26). The third-order valence-electron chi connectivity index (χ3n) is 4.14. The molecule has 3 aromatic rings. The second kappa shape index (κ2) is 8.50. The van der Waals surface area contributed by atoms with Crippen LogP contribution in [0.1, 0.15) is 39.6 Å². The number of carboxylic acids is 1. The summed E-state index contributed by atoms with van der Waals surface area (Å²) in [6, 6.07) is 14.8. The molecule has 1 heterocycles. The molecule has 138 valence electrons. The average molecular weight is 444 g/mol. The van der Waals surface area contributed by atoms with Gasteiger partial charge in [-0.1, -0.05) is 53.5 Å².